The van der Waals surface area contributed by atoms with Gasteiger partial charge in [0, 0.05) is 11.4 Å². The first kappa shape index (κ1) is 16.0. The lowest BCUT2D eigenvalue weighted by Crippen LogP contribution is -2.12. The SMILES string of the molecule is CC(C)c1ccc([C@H]2CC(=O)C=C(c3ccc(Cl)cc3)C2)cc1. The van der Waals surface area contributed by atoms with Crippen LogP contribution in [0.15, 0.2) is 54.6 Å². The summed E-state index contributed by atoms with van der Waals surface area (Å²) in [6.07, 6.45) is 3.29. The van der Waals surface area contributed by atoms with Crippen LogP contribution in [0.3, 0.4) is 0 Å². The molecule has 0 saturated carbocycles. The van der Waals surface area contributed by atoms with Gasteiger partial charge in [0.05, 0.1) is 0 Å². The third kappa shape index (κ3) is 3.73. The molecule has 3 rings (SSSR count). The van der Waals surface area contributed by atoms with E-state index >= 15 is 0 Å². The van der Waals surface area contributed by atoms with Gasteiger partial charge in [-0.1, -0.05) is 61.8 Å². The molecule has 1 atom stereocenters. The van der Waals surface area contributed by atoms with E-state index in [0.717, 1.165) is 22.6 Å². The number of allylic oxidation sites excluding steroid dienone is 2. The highest BCUT2D eigenvalue weighted by molar-refractivity contribution is 6.30. The number of carbonyl (C=O) groups is 1. The van der Waals surface area contributed by atoms with E-state index in [1.807, 2.05) is 24.3 Å². The topological polar surface area (TPSA) is 17.1 Å². The zero-order chi connectivity index (χ0) is 16.4. The zero-order valence-electron chi connectivity index (χ0n) is 13.6. The van der Waals surface area contributed by atoms with E-state index in [1.165, 1.54) is 11.1 Å². The molecule has 0 N–H and O–H groups in total. The smallest absolute Gasteiger partial charge is 0.156 e. The fourth-order valence-electron chi connectivity index (χ4n) is 3.15. The van der Waals surface area contributed by atoms with Crippen molar-refractivity contribution >= 4 is 23.0 Å². The zero-order valence-corrected chi connectivity index (χ0v) is 14.3. The molecule has 0 heterocycles. The van der Waals surface area contributed by atoms with Crippen LogP contribution in [0, 0.1) is 0 Å². The van der Waals surface area contributed by atoms with Gasteiger partial charge in [-0.3, -0.25) is 4.79 Å². The van der Waals surface area contributed by atoms with Gasteiger partial charge >= 0.3 is 0 Å². The van der Waals surface area contributed by atoms with Gasteiger partial charge in [0.15, 0.2) is 5.78 Å². The first-order chi connectivity index (χ1) is 11.0. The maximum Gasteiger partial charge on any atom is 0.156 e. The molecule has 2 aromatic carbocycles. The predicted octanol–water partition coefficient (Wildman–Crippen LogP) is 5.99. The van der Waals surface area contributed by atoms with E-state index in [4.69, 9.17) is 11.6 Å². The molecule has 2 heteroatoms. The summed E-state index contributed by atoms with van der Waals surface area (Å²) in [7, 11) is 0. The Morgan fingerprint density at radius 3 is 2.22 bits per heavy atom. The summed E-state index contributed by atoms with van der Waals surface area (Å²) in [5.41, 5.74) is 4.79. The maximum absolute atomic E-state index is 12.2. The average molecular weight is 325 g/mol. The molecular formula is C21H21ClO. The molecule has 2 aromatic rings. The van der Waals surface area contributed by atoms with Crippen molar-refractivity contribution in [3.05, 3.63) is 76.3 Å². The molecule has 118 valence electrons. The molecule has 0 radical (unpaired) electrons. The molecule has 0 aromatic heterocycles. The fourth-order valence-corrected chi connectivity index (χ4v) is 3.27. The third-order valence-corrected chi connectivity index (χ3v) is 4.79. The maximum atomic E-state index is 12.2. The monoisotopic (exact) mass is 324 g/mol. The molecule has 0 unspecified atom stereocenters. The minimum atomic E-state index is 0.208. The van der Waals surface area contributed by atoms with Crippen molar-refractivity contribution in [2.24, 2.45) is 0 Å². The number of ketones is 1. The van der Waals surface area contributed by atoms with Crippen LogP contribution in [-0.4, -0.2) is 5.78 Å². The van der Waals surface area contributed by atoms with Crippen LogP contribution in [0.4, 0.5) is 0 Å². The van der Waals surface area contributed by atoms with Gasteiger partial charge in [0.2, 0.25) is 0 Å². The minimum absolute atomic E-state index is 0.208. The van der Waals surface area contributed by atoms with Crippen molar-refractivity contribution < 1.29 is 4.79 Å². The quantitative estimate of drug-likeness (QED) is 0.677. The van der Waals surface area contributed by atoms with Crippen LogP contribution in [0.1, 0.15) is 55.2 Å². The molecule has 0 bridgehead atoms. The van der Waals surface area contributed by atoms with Crippen LogP contribution in [0.5, 0.6) is 0 Å². The molecule has 0 fully saturated rings. The van der Waals surface area contributed by atoms with E-state index in [0.29, 0.717) is 12.3 Å². The Morgan fingerprint density at radius 1 is 0.957 bits per heavy atom. The Hall–Kier alpha value is -1.86. The van der Waals surface area contributed by atoms with Crippen LogP contribution in [0.2, 0.25) is 5.02 Å². The molecule has 1 aliphatic rings. The summed E-state index contributed by atoms with van der Waals surface area (Å²) < 4.78 is 0. The van der Waals surface area contributed by atoms with Gasteiger partial charge in [-0.15, -0.1) is 0 Å². The number of rotatable bonds is 3. The average Bonchev–Trinajstić information content (AvgIpc) is 2.55. The molecule has 0 spiro atoms. The van der Waals surface area contributed by atoms with Gasteiger partial charge in [0.25, 0.3) is 0 Å². The van der Waals surface area contributed by atoms with Crippen molar-refractivity contribution in [2.75, 3.05) is 0 Å². The lowest BCUT2D eigenvalue weighted by atomic mass is 9.80. The van der Waals surface area contributed by atoms with E-state index in [-0.39, 0.29) is 11.7 Å². The molecule has 0 aliphatic heterocycles. The lowest BCUT2D eigenvalue weighted by Gasteiger charge is -2.23. The molecule has 23 heavy (non-hydrogen) atoms. The van der Waals surface area contributed by atoms with Crippen molar-refractivity contribution in [3.63, 3.8) is 0 Å². The third-order valence-electron chi connectivity index (χ3n) is 4.54. The summed E-state index contributed by atoms with van der Waals surface area (Å²) in [5.74, 6) is 1.00. The van der Waals surface area contributed by atoms with Crippen LogP contribution < -0.4 is 0 Å². The number of hydrogen-bond donors (Lipinski definition) is 0. The Bertz CT molecular complexity index is 723. The van der Waals surface area contributed by atoms with Crippen molar-refractivity contribution in [1.29, 1.82) is 0 Å². The van der Waals surface area contributed by atoms with E-state index in [1.54, 1.807) is 6.08 Å². The second-order valence-electron chi connectivity index (χ2n) is 6.57. The highest BCUT2D eigenvalue weighted by Crippen LogP contribution is 2.36. The Morgan fingerprint density at radius 2 is 1.61 bits per heavy atom. The van der Waals surface area contributed by atoms with Crippen LogP contribution >= 0.6 is 11.6 Å². The first-order valence-corrected chi connectivity index (χ1v) is 8.50. The van der Waals surface area contributed by atoms with Crippen LogP contribution in [0.25, 0.3) is 5.57 Å². The Balaban J connectivity index is 1.84. The predicted molar refractivity (Wildman–Crippen MR) is 96.9 cm³/mol. The number of hydrogen-bond acceptors (Lipinski definition) is 1. The second kappa shape index (κ2) is 6.72. The van der Waals surface area contributed by atoms with Gasteiger partial charge in [-0.25, -0.2) is 0 Å². The van der Waals surface area contributed by atoms with Crippen molar-refractivity contribution in [2.45, 2.75) is 38.5 Å². The fraction of sp³-hybridized carbons (Fsp3) is 0.286. The second-order valence-corrected chi connectivity index (χ2v) is 7.01. The minimum Gasteiger partial charge on any atom is -0.295 e. The van der Waals surface area contributed by atoms with Crippen molar-refractivity contribution in [3.8, 4) is 0 Å². The number of carbonyl (C=O) groups excluding carboxylic acids is 1. The summed E-state index contributed by atoms with van der Waals surface area (Å²) >= 11 is 5.96. The largest absolute Gasteiger partial charge is 0.295 e. The van der Waals surface area contributed by atoms with E-state index in [2.05, 4.69) is 38.1 Å². The standard InChI is InChI=1S/C21H21ClO/c1-14(2)15-3-5-16(6-4-15)18-11-19(13-21(23)12-18)17-7-9-20(22)10-8-17/h3-10,13-14,18H,11-12H2,1-2H3/t18-/m1/s1. The summed E-state index contributed by atoms with van der Waals surface area (Å²) in [6.45, 7) is 4.39. The normalized spacial score (nSPS) is 18.2. The van der Waals surface area contributed by atoms with Crippen molar-refractivity contribution in [1.82, 2.24) is 0 Å². The highest BCUT2D eigenvalue weighted by Gasteiger charge is 2.23. The summed E-state index contributed by atoms with van der Waals surface area (Å²) in [5, 5.41) is 0.720. The van der Waals surface area contributed by atoms with Gasteiger partial charge in [-0.05, 0) is 58.7 Å². The van der Waals surface area contributed by atoms with E-state index in [9.17, 15) is 4.79 Å². The summed E-state index contributed by atoms with van der Waals surface area (Å²) in [6, 6.07) is 16.5. The number of benzene rings is 2. The Kier molecular flexibility index (Phi) is 4.68. The molecule has 1 aliphatic carbocycles. The Labute approximate surface area is 143 Å². The lowest BCUT2D eigenvalue weighted by molar-refractivity contribution is -0.115. The molecule has 0 saturated heterocycles. The summed E-state index contributed by atoms with van der Waals surface area (Å²) in [4.78, 5) is 12.2. The van der Waals surface area contributed by atoms with E-state index < -0.39 is 0 Å². The number of halogens is 1. The first-order valence-electron chi connectivity index (χ1n) is 8.12. The molecular weight excluding hydrogens is 304 g/mol. The van der Waals surface area contributed by atoms with Gasteiger partial charge < -0.3 is 0 Å². The molecule has 1 nitrogen and oxygen atoms in total. The van der Waals surface area contributed by atoms with Gasteiger partial charge in [-0.2, -0.15) is 0 Å². The highest BCUT2D eigenvalue weighted by atomic mass is 35.5. The molecule has 0 amide bonds. The van der Waals surface area contributed by atoms with Gasteiger partial charge in [0.1, 0.15) is 0 Å². The van der Waals surface area contributed by atoms with Crippen LogP contribution in [-0.2, 0) is 4.79 Å².